The summed E-state index contributed by atoms with van der Waals surface area (Å²) in [6.07, 6.45) is 0. The highest BCUT2D eigenvalue weighted by Gasteiger charge is 2.20. The van der Waals surface area contributed by atoms with E-state index >= 15 is 0 Å². The molecule has 2 heteroatoms. The molecule has 1 aromatic rings. The van der Waals surface area contributed by atoms with Gasteiger partial charge in [-0.1, -0.05) is 55.4 Å². The second-order valence-corrected chi connectivity index (χ2v) is 6.38. The van der Waals surface area contributed by atoms with Gasteiger partial charge in [0.2, 0.25) is 0 Å². The van der Waals surface area contributed by atoms with Gasteiger partial charge in [-0.15, -0.1) is 0 Å². The van der Waals surface area contributed by atoms with Crippen molar-refractivity contribution in [1.29, 1.82) is 0 Å². The molecule has 1 rings (SSSR count). The van der Waals surface area contributed by atoms with Crippen molar-refractivity contribution in [3.8, 4) is 0 Å². The summed E-state index contributed by atoms with van der Waals surface area (Å²) < 4.78 is 0. The summed E-state index contributed by atoms with van der Waals surface area (Å²) in [6, 6.07) is 0. The van der Waals surface area contributed by atoms with E-state index in [1.54, 1.807) is 0 Å². The van der Waals surface area contributed by atoms with Crippen LogP contribution in [0, 0.1) is 0 Å². The Bertz CT molecular complexity index is 330. The molecule has 0 amide bonds. The standard InChI is InChI=1S/C16H28N2/c1-9(2)13-14(10(3)4)18-16(12(7)8)15(17-13)11(5)6/h9-12H,1-8H3. The number of nitrogens with zero attached hydrogens (tertiary/aromatic N) is 2. The summed E-state index contributed by atoms with van der Waals surface area (Å²) in [5.41, 5.74) is 4.72. The predicted molar refractivity (Wildman–Crippen MR) is 78.4 cm³/mol. The molecule has 18 heavy (non-hydrogen) atoms. The van der Waals surface area contributed by atoms with E-state index in [0.717, 1.165) is 0 Å². The maximum atomic E-state index is 4.95. The molecule has 0 bridgehead atoms. The molecule has 0 spiro atoms. The Morgan fingerprint density at radius 3 is 0.722 bits per heavy atom. The zero-order valence-electron chi connectivity index (χ0n) is 13.2. The zero-order chi connectivity index (χ0) is 14.0. The summed E-state index contributed by atoms with van der Waals surface area (Å²) in [5.74, 6) is 1.75. The van der Waals surface area contributed by atoms with Crippen LogP contribution in [0.25, 0.3) is 0 Å². The van der Waals surface area contributed by atoms with Gasteiger partial charge in [-0.25, -0.2) is 0 Å². The summed E-state index contributed by atoms with van der Waals surface area (Å²) in [6.45, 7) is 17.6. The minimum absolute atomic E-state index is 0.439. The predicted octanol–water partition coefficient (Wildman–Crippen LogP) is 4.97. The van der Waals surface area contributed by atoms with E-state index in [0.29, 0.717) is 23.7 Å². The van der Waals surface area contributed by atoms with Crippen molar-refractivity contribution in [3.05, 3.63) is 22.8 Å². The minimum atomic E-state index is 0.439. The quantitative estimate of drug-likeness (QED) is 0.751. The fourth-order valence-electron chi connectivity index (χ4n) is 2.19. The summed E-state index contributed by atoms with van der Waals surface area (Å²) in [4.78, 5) is 9.90. The molecule has 0 unspecified atom stereocenters. The topological polar surface area (TPSA) is 25.8 Å². The van der Waals surface area contributed by atoms with Gasteiger partial charge in [0.25, 0.3) is 0 Å². The molecule has 0 atom stereocenters. The van der Waals surface area contributed by atoms with E-state index in [9.17, 15) is 0 Å². The molecule has 0 saturated carbocycles. The fourth-order valence-corrected chi connectivity index (χ4v) is 2.19. The average molecular weight is 248 g/mol. The van der Waals surface area contributed by atoms with E-state index in [1.165, 1.54) is 22.8 Å². The van der Waals surface area contributed by atoms with Crippen LogP contribution in [-0.2, 0) is 0 Å². The van der Waals surface area contributed by atoms with Crippen LogP contribution in [0.15, 0.2) is 0 Å². The van der Waals surface area contributed by atoms with Crippen molar-refractivity contribution < 1.29 is 0 Å². The lowest BCUT2D eigenvalue weighted by atomic mass is 9.95. The maximum Gasteiger partial charge on any atom is 0.0650 e. The molecule has 2 nitrogen and oxygen atoms in total. The largest absolute Gasteiger partial charge is 0.254 e. The molecule has 102 valence electrons. The van der Waals surface area contributed by atoms with Crippen molar-refractivity contribution in [1.82, 2.24) is 9.97 Å². The van der Waals surface area contributed by atoms with Crippen LogP contribution in [-0.4, -0.2) is 9.97 Å². The highest BCUT2D eigenvalue weighted by molar-refractivity contribution is 5.28. The van der Waals surface area contributed by atoms with E-state index in [2.05, 4.69) is 55.4 Å². The average Bonchev–Trinajstić information content (AvgIpc) is 2.26. The molecule has 0 radical (unpaired) electrons. The third-order valence-electron chi connectivity index (χ3n) is 3.19. The van der Waals surface area contributed by atoms with Crippen molar-refractivity contribution in [2.75, 3.05) is 0 Å². The van der Waals surface area contributed by atoms with E-state index in [4.69, 9.17) is 9.97 Å². The molecule has 0 aromatic carbocycles. The Morgan fingerprint density at radius 1 is 0.444 bits per heavy atom. The molecular weight excluding hydrogens is 220 g/mol. The van der Waals surface area contributed by atoms with Gasteiger partial charge in [0, 0.05) is 0 Å². The Labute approximate surface area is 112 Å². The van der Waals surface area contributed by atoms with Crippen molar-refractivity contribution >= 4 is 0 Å². The van der Waals surface area contributed by atoms with Crippen LogP contribution >= 0.6 is 0 Å². The lowest BCUT2D eigenvalue weighted by Gasteiger charge is -2.21. The lowest BCUT2D eigenvalue weighted by Crippen LogP contribution is -2.14. The SMILES string of the molecule is CC(C)c1nc(C(C)C)c(C(C)C)nc1C(C)C. The molecule has 0 saturated heterocycles. The van der Waals surface area contributed by atoms with Gasteiger partial charge in [0.15, 0.2) is 0 Å². The van der Waals surface area contributed by atoms with E-state index in [1.807, 2.05) is 0 Å². The molecule has 1 heterocycles. The smallest absolute Gasteiger partial charge is 0.0650 e. The number of aromatic nitrogens is 2. The van der Waals surface area contributed by atoms with Crippen molar-refractivity contribution in [3.63, 3.8) is 0 Å². The number of rotatable bonds is 4. The van der Waals surface area contributed by atoms with Gasteiger partial charge in [-0.2, -0.15) is 0 Å². The third kappa shape index (κ3) is 3.09. The van der Waals surface area contributed by atoms with Gasteiger partial charge < -0.3 is 0 Å². The third-order valence-corrected chi connectivity index (χ3v) is 3.19. The van der Waals surface area contributed by atoms with Gasteiger partial charge >= 0.3 is 0 Å². The van der Waals surface area contributed by atoms with Crippen LogP contribution < -0.4 is 0 Å². The zero-order valence-corrected chi connectivity index (χ0v) is 13.2. The van der Waals surface area contributed by atoms with Crippen molar-refractivity contribution in [2.45, 2.75) is 79.1 Å². The van der Waals surface area contributed by atoms with Gasteiger partial charge in [-0.3, -0.25) is 9.97 Å². The van der Waals surface area contributed by atoms with Crippen molar-refractivity contribution in [2.24, 2.45) is 0 Å². The second-order valence-electron chi connectivity index (χ2n) is 6.38. The first-order valence-corrected chi connectivity index (χ1v) is 7.17. The first kappa shape index (κ1) is 15.1. The summed E-state index contributed by atoms with van der Waals surface area (Å²) >= 11 is 0. The molecule has 0 aliphatic rings. The van der Waals surface area contributed by atoms with Crippen LogP contribution in [0.3, 0.4) is 0 Å². The first-order valence-electron chi connectivity index (χ1n) is 7.17. The Kier molecular flexibility index (Phi) is 4.89. The highest BCUT2D eigenvalue weighted by Crippen LogP contribution is 2.29. The Hall–Kier alpha value is -0.920. The summed E-state index contributed by atoms with van der Waals surface area (Å²) in [7, 11) is 0. The molecule has 1 aromatic heterocycles. The molecule has 0 aliphatic heterocycles. The van der Waals surface area contributed by atoms with Crippen LogP contribution in [0.4, 0.5) is 0 Å². The summed E-state index contributed by atoms with van der Waals surface area (Å²) in [5, 5.41) is 0. The maximum absolute atomic E-state index is 4.95. The molecular formula is C16H28N2. The molecule has 0 fully saturated rings. The molecule has 0 aliphatic carbocycles. The highest BCUT2D eigenvalue weighted by atomic mass is 14.9. The second kappa shape index (κ2) is 5.81. The van der Waals surface area contributed by atoms with Crippen LogP contribution in [0.5, 0.6) is 0 Å². The van der Waals surface area contributed by atoms with E-state index in [-0.39, 0.29) is 0 Å². The number of hydrogen-bond donors (Lipinski definition) is 0. The van der Waals surface area contributed by atoms with Gasteiger partial charge in [0.1, 0.15) is 0 Å². The first-order chi connectivity index (χ1) is 8.25. The van der Waals surface area contributed by atoms with E-state index < -0.39 is 0 Å². The number of hydrogen-bond acceptors (Lipinski definition) is 2. The molecule has 0 N–H and O–H groups in total. The fraction of sp³-hybridized carbons (Fsp3) is 0.750. The minimum Gasteiger partial charge on any atom is -0.254 e. The Morgan fingerprint density at radius 2 is 0.611 bits per heavy atom. The van der Waals surface area contributed by atoms with Crippen LogP contribution in [0.1, 0.15) is 102 Å². The normalized spacial score (nSPS) is 12.2. The van der Waals surface area contributed by atoms with Crippen LogP contribution in [0.2, 0.25) is 0 Å². The monoisotopic (exact) mass is 248 g/mol. The van der Waals surface area contributed by atoms with Gasteiger partial charge in [0.05, 0.1) is 22.8 Å². The van der Waals surface area contributed by atoms with Gasteiger partial charge in [-0.05, 0) is 23.7 Å². The lowest BCUT2D eigenvalue weighted by molar-refractivity contribution is 0.654. The Balaban J connectivity index is 3.50.